The van der Waals surface area contributed by atoms with Crippen LogP contribution in [0.5, 0.6) is 0 Å². The summed E-state index contributed by atoms with van der Waals surface area (Å²) in [7, 11) is 0. The van der Waals surface area contributed by atoms with Gasteiger partial charge in [-0.2, -0.15) is 0 Å². The minimum atomic E-state index is 0.974. The van der Waals surface area contributed by atoms with Gasteiger partial charge in [0.05, 0.1) is 0 Å². The topological polar surface area (TPSA) is 15.8 Å². The number of aromatic nitrogens is 1. The van der Waals surface area contributed by atoms with Crippen LogP contribution in [0, 0.1) is 0 Å². The van der Waals surface area contributed by atoms with Crippen LogP contribution in [0.3, 0.4) is 0 Å². The number of nitrogens with one attached hydrogen (secondary N) is 1. The molecule has 1 nitrogen and oxygen atoms in total. The molecule has 1 heterocycles. The van der Waals surface area contributed by atoms with Crippen LogP contribution in [0.4, 0.5) is 0 Å². The first-order valence-corrected chi connectivity index (χ1v) is 4.96. The molecule has 1 aromatic rings. The van der Waals surface area contributed by atoms with E-state index >= 15 is 0 Å². The van der Waals surface area contributed by atoms with Crippen LogP contribution >= 0.6 is 15.9 Å². The van der Waals surface area contributed by atoms with Crippen molar-refractivity contribution in [2.24, 2.45) is 0 Å². The molecule has 0 unspecified atom stereocenters. The second-order valence-corrected chi connectivity index (χ2v) is 3.28. The number of hydrogen-bond donors (Lipinski definition) is 1. The Hall–Kier alpha value is -0.760. The molecule has 0 radical (unpaired) electrons. The van der Waals surface area contributed by atoms with Crippen LogP contribution in [0.15, 0.2) is 19.4 Å². The third-order valence-electron chi connectivity index (χ3n) is 1.81. The van der Waals surface area contributed by atoms with E-state index in [4.69, 9.17) is 0 Å². The maximum absolute atomic E-state index is 3.77. The van der Waals surface area contributed by atoms with E-state index in [0.29, 0.717) is 0 Å². The average molecular weight is 226 g/mol. The highest BCUT2D eigenvalue weighted by Crippen LogP contribution is 2.17. The van der Waals surface area contributed by atoms with E-state index in [1.807, 2.05) is 18.3 Å². The summed E-state index contributed by atoms with van der Waals surface area (Å²) < 4.78 is 0. The molecule has 64 valence electrons. The summed E-state index contributed by atoms with van der Waals surface area (Å²) in [5.74, 6) is 0. The zero-order chi connectivity index (χ0) is 8.97. The van der Waals surface area contributed by atoms with Gasteiger partial charge in [-0.25, -0.2) is 0 Å². The highest BCUT2D eigenvalue weighted by atomic mass is 79.9. The summed E-state index contributed by atoms with van der Waals surface area (Å²) in [5.41, 5.74) is 3.52. The highest BCUT2D eigenvalue weighted by Gasteiger charge is 2.03. The van der Waals surface area contributed by atoms with Crippen molar-refractivity contribution in [1.82, 2.24) is 4.98 Å². The summed E-state index contributed by atoms with van der Waals surface area (Å²) in [6.45, 7) is 7.49. The number of alkyl halides is 1. The van der Waals surface area contributed by atoms with Gasteiger partial charge in [0.2, 0.25) is 0 Å². The number of hydrogen-bond acceptors (Lipinski definition) is 0. The molecule has 0 atom stereocenters. The van der Waals surface area contributed by atoms with Crippen LogP contribution in [-0.2, 0) is 6.42 Å². The van der Waals surface area contributed by atoms with Crippen LogP contribution < -0.4 is 0 Å². The maximum Gasteiger partial charge on any atom is 0.0450 e. The van der Waals surface area contributed by atoms with E-state index in [1.54, 1.807) is 0 Å². The van der Waals surface area contributed by atoms with Gasteiger partial charge in [-0.3, -0.25) is 0 Å². The fourth-order valence-electron chi connectivity index (χ4n) is 1.21. The molecule has 1 rings (SSSR count). The van der Waals surface area contributed by atoms with Crippen molar-refractivity contribution >= 4 is 28.1 Å². The molecule has 2 heteroatoms. The van der Waals surface area contributed by atoms with Gasteiger partial charge in [0.1, 0.15) is 0 Å². The van der Waals surface area contributed by atoms with Gasteiger partial charge in [0.25, 0.3) is 0 Å². The molecule has 0 fully saturated rings. The highest BCUT2D eigenvalue weighted by molar-refractivity contribution is 9.09. The Morgan fingerprint density at radius 2 is 2.17 bits per heavy atom. The van der Waals surface area contributed by atoms with Crippen molar-refractivity contribution < 1.29 is 0 Å². The molecule has 0 amide bonds. The second-order valence-electron chi connectivity index (χ2n) is 2.49. The van der Waals surface area contributed by atoms with Crippen LogP contribution in [0.2, 0.25) is 0 Å². The SMILES string of the molecule is C=Cc1[nH]cc(CCBr)c1C=C. The van der Waals surface area contributed by atoms with E-state index in [9.17, 15) is 0 Å². The molecule has 12 heavy (non-hydrogen) atoms. The molecular weight excluding hydrogens is 214 g/mol. The van der Waals surface area contributed by atoms with Gasteiger partial charge in [0.15, 0.2) is 0 Å². The lowest BCUT2D eigenvalue weighted by atomic mass is 10.1. The van der Waals surface area contributed by atoms with Crippen molar-refractivity contribution in [3.8, 4) is 0 Å². The lowest BCUT2D eigenvalue weighted by molar-refractivity contribution is 1.17. The summed E-state index contributed by atoms with van der Waals surface area (Å²) in [4.78, 5) is 3.15. The fraction of sp³-hybridized carbons (Fsp3) is 0.200. The van der Waals surface area contributed by atoms with Gasteiger partial charge in [-0.15, -0.1) is 0 Å². The lowest BCUT2D eigenvalue weighted by Gasteiger charge is -1.96. The number of aromatic amines is 1. The Morgan fingerprint density at radius 3 is 2.67 bits per heavy atom. The minimum Gasteiger partial charge on any atom is -0.361 e. The largest absolute Gasteiger partial charge is 0.361 e. The maximum atomic E-state index is 3.77. The number of aryl methyl sites for hydroxylation is 1. The van der Waals surface area contributed by atoms with Gasteiger partial charge in [-0.1, -0.05) is 35.2 Å². The van der Waals surface area contributed by atoms with Gasteiger partial charge >= 0.3 is 0 Å². The van der Waals surface area contributed by atoms with E-state index < -0.39 is 0 Å². The number of rotatable bonds is 4. The number of H-pyrrole nitrogens is 1. The van der Waals surface area contributed by atoms with Crippen molar-refractivity contribution in [3.05, 3.63) is 36.2 Å². The Bertz CT molecular complexity index is 286. The third kappa shape index (κ3) is 1.69. The monoisotopic (exact) mass is 225 g/mol. The standard InChI is InChI=1S/C10H12BrN/c1-3-9-8(5-6-11)7-12-10(9)4-2/h3-4,7,12H,1-2,5-6H2. The van der Waals surface area contributed by atoms with Crippen molar-refractivity contribution in [2.45, 2.75) is 6.42 Å². The molecule has 0 aliphatic rings. The van der Waals surface area contributed by atoms with Crippen molar-refractivity contribution in [1.29, 1.82) is 0 Å². The molecule has 0 aliphatic heterocycles. The first kappa shape index (κ1) is 9.33. The fourth-order valence-corrected chi connectivity index (χ4v) is 1.64. The Balaban J connectivity index is 3.04. The summed E-state index contributed by atoms with van der Waals surface area (Å²) in [6.07, 6.45) is 6.71. The first-order chi connectivity index (χ1) is 5.83. The minimum absolute atomic E-state index is 0.974. The average Bonchev–Trinajstić information content (AvgIpc) is 2.47. The summed E-state index contributed by atoms with van der Waals surface area (Å²) >= 11 is 3.41. The Kier molecular flexibility index (Phi) is 3.35. The van der Waals surface area contributed by atoms with Crippen molar-refractivity contribution in [2.75, 3.05) is 5.33 Å². The second kappa shape index (κ2) is 4.31. The van der Waals surface area contributed by atoms with Crippen molar-refractivity contribution in [3.63, 3.8) is 0 Å². The molecule has 0 saturated carbocycles. The molecular formula is C10H12BrN. The predicted molar refractivity (Wildman–Crippen MR) is 58.5 cm³/mol. The third-order valence-corrected chi connectivity index (χ3v) is 2.21. The lowest BCUT2D eigenvalue weighted by Crippen LogP contribution is -1.85. The summed E-state index contributed by atoms with van der Waals surface area (Å²) in [6, 6.07) is 0. The van der Waals surface area contributed by atoms with E-state index in [2.05, 4.69) is 34.1 Å². The van der Waals surface area contributed by atoms with Gasteiger partial charge in [0, 0.05) is 22.8 Å². The normalized spacial score (nSPS) is 9.75. The first-order valence-electron chi connectivity index (χ1n) is 3.84. The molecule has 0 saturated heterocycles. The van der Waals surface area contributed by atoms with Crippen LogP contribution in [-0.4, -0.2) is 10.3 Å². The van der Waals surface area contributed by atoms with E-state index in [1.165, 1.54) is 11.1 Å². The molecule has 0 bridgehead atoms. The van der Waals surface area contributed by atoms with E-state index in [-0.39, 0.29) is 0 Å². The summed E-state index contributed by atoms with van der Waals surface area (Å²) in [5, 5.41) is 0.974. The molecule has 0 aromatic carbocycles. The van der Waals surface area contributed by atoms with Crippen LogP contribution in [0.1, 0.15) is 16.8 Å². The molecule has 0 spiro atoms. The molecule has 0 aliphatic carbocycles. The van der Waals surface area contributed by atoms with Gasteiger partial charge in [-0.05, 0) is 18.1 Å². The van der Waals surface area contributed by atoms with E-state index in [0.717, 1.165) is 17.4 Å². The zero-order valence-electron chi connectivity index (χ0n) is 6.94. The van der Waals surface area contributed by atoms with Gasteiger partial charge < -0.3 is 4.98 Å². The Morgan fingerprint density at radius 1 is 1.42 bits per heavy atom. The molecule has 1 aromatic heterocycles. The van der Waals surface area contributed by atoms with Crippen LogP contribution in [0.25, 0.3) is 12.2 Å². The number of halogens is 1. The zero-order valence-corrected chi connectivity index (χ0v) is 8.52. The quantitative estimate of drug-likeness (QED) is 0.758. The smallest absolute Gasteiger partial charge is 0.0450 e. The Labute approximate surface area is 81.3 Å². The predicted octanol–water partition coefficient (Wildman–Crippen LogP) is 3.24. The molecule has 1 N–H and O–H groups in total.